The number of ketones is 1. The van der Waals surface area contributed by atoms with E-state index in [4.69, 9.17) is 11.1 Å². The highest BCUT2D eigenvalue weighted by Gasteiger charge is 2.30. The number of hydrogen-bond acceptors (Lipinski definition) is 6. The predicted octanol–water partition coefficient (Wildman–Crippen LogP) is 0.904. The van der Waals surface area contributed by atoms with E-state index in [9.17, 15) is 19.5 Å². The molecule has 1 aromatic heterocycles. The van der Waals surface area contributed by atoms with Crippen molar-refractivity contribution in [2.45, 2.75) is 31.8 Å². The van der Waals surface area contributed by atoms with Crippen LogP contribution < -0.4 is 16.5 Å². The van der Waals surface area contributed by atoms with Crippen LogP contribution in [0.1, 0.15) is 35.2 Å². The first kappa shape index (κ1) is 23.5. The summed E-state index contributed by atoms with van der Waals surface area (Å²) in [6.45, 7) is 0.498. The number of carboxylic acid groups (broad SMARTS) is 1. The van der Waals surface area contributed by atoms with Gasteiger partial charge in [-0.05, 0) is 30.5 Å². The Bertz CT molecular complexity index is 891. The van der Waals surface area contributed by atoms with Crippen LogP contribution in [0.15, 0.2) is 54.9 Å². The van der Waals surface area contributed by atoms with Crippen LogP contribution in [0, 0.1) is 5.41 Å². The summed E-state index contributed by atoms with van der Waals surface area (Å²) in [6, 6.07) is 11.1. The highest BCUT2D eigenvalue weighted by atomic mass is 16.4. The monoisotopic (exact) mass is 426 g/mol. The minimum absolute atomic E-state index is 0.101. The fourth-order valence-corrected chi connectivity index (χ4v) is 2.88. The zero-order valence-corrected chi connectivity index (χ0v) is 17.0. The molecule has 6 N–H and O–H groups in total. The summed E-state index contributed by atoms with van der Waals surface area (Å²) in [5.41, 5.74) is 9.23. The molecule has 10 heteroatoms. The van der Waals surface area contributed by atoms with Gasteiger partial charge in [0, 0.05) is 31.0 Å². The molecule has 0 unspecified atom stereocenters. The molecule has 1 atom stereocenters. The molecule has 1 amide bonds. The van der Waals surface area contributed by atoms with Gasteiger partial charge in [0.1, 0.15) is 6.04 Å². The SMILES string of the molecule is N=C(N)NCCC[C@@H](C(=O)O)N(NCc1ccccc1)C(=O)CC(=O)c1cccnc1. The fraction of sp³-hybridized carbons (Fsp3) is 0.286. The normalized spacial score (nSPS) is 11.4. The maximum atomic E-state index is 12.9. The quantitative estimate of drug-likeness (QED) is 0.0835. The van der Waals surface area contributed by atoms with E-state index in [1.807, 2.05) is 30.3 Å². The Kier molecular flexibility index (Phi) is 9.12. The molecule has 0 saturated heterocycles. The molecule has 1 heterocycles. The summed E-state index contributed by atoms with van der Waals surface area (Å²) in [7, 11) is 0. The smallest absolute Gasteiger partial charge is 0.328 e. The van der Waals surface area contributed by atoms with E-state index in [2.05, 4.69) is 15.7 Å². The molecule has 0 bridgehead atoms. The minimum atomic E-state index is -1.20. The van der Waals surface area contributed by atoms with Crippen LogP contribution in [-0.4, -0.2) is 51.3 Å². The summed E-state index contributed by atoms with van der Waals surface area (Å²) in [5, 5.41) is 20.5. The molecular weight excluding hydrogens is 400 g/mol. The van der Waals surface area contributed by atoms with E-state index >= 15 is 0 Å². The average Bonchev–Trinajstić information content (AvgIpc) is 2.76. The number of carbonyl (C=O) groups is 3. The van der Waals surface area contributed by atoms with Crippen LogP contribution in [0.4, 0.5) is 0 Å². The van der Waals surface area contributed by atoms with Gasteiger partial charge in [-0.15, -0.1) is 0 Å². The van der Waals surface area contributed by atoms with E-state index in [0.717, 1.165) is 10.6 Å². The number of hydrogen-bond donors (Lipinski definition) is 5. The molecule has 0 aliphatic heterocycles. The van der Waals surface area contributed by atoms with Gasteiger partial charge in [0.05, 0.1) is 6.42 Å². The Morgan fingerprint density at radius 3 is 2.52 bits per heavy atom. The number of aliphatic carboxylic acids is 1. The van der Waals surface area contributed by atoms with Gasteiger partial charge in [-0.2, -0.15) is 0 Å². The Hall–Kier alpha value is -3.79. The summed E-state index contributed by atoms with van der Waals surface area (Å²) >= 11 is 0. The van der Waals surface area contributed by atoms with Crippen molar-refractivity contribution in [3.8, 4) is 0 Å². The van der Waals surface area contributed by atoms with E-state index < -0.39 is 30.1 Å². The molecule has 10 nitrogen and oxygen atoms in total. The zero-order chi connectivity index (χ0) is 22.6. The van der Waals surface area contributed by atoms with Gasteiger partial charge in [0.2, 0.25) is 5.91 Å². The van der Waals surface area contributed by atoms with Crippen LogP contribution in [0.25, 0.3) is 0 Å². The number of nitrogens with zero attached hydrogens (tertiary/aromatic N) is 2. The van der Waals surface area contributed by atoms with Crippen LogP contribution in [-0.2, 0) is 16.1 Å². The van der Waals surface area contributed by atoms with Crippen molar-refractivity contribution in [2.24, 2.45) is 5.73 Å². The molecule has 31 heavy (non-hydrogen) atoms. The molecule has 2 rings (SSSR count). The van der Waals surface area contributed by atoms with Gasteiger partial charge in [-0.3, -0.25) is 25.0 Å². The molecule has 1 aromatic carbocycles. The minimum Gasteiger partial charge on any atom is -0.480 e. The Morgan fingerprint density at radius 2 is 1.90 bits per heavy atom. The van der Waals surface area contributed by atoms with E-state index in [0.29, 0.717) is 6.42 Å². The summed E-state index contributed by atoms with van der Waals surface area (Å²) < 4.78 is 0. The van der Waals surface area contributed by atoms with Crippen LogP contribution in [0.5, 0.6) is 0 Å². The third kappa shape index (κ3) is 7.86. The third-order valence-electron chi connectivity index (χ3n) is 4.43. The van der Waals surface area contributed by atoms with Crippen molar-refractivity contribution in [1.82, 2.24) is 20.7 Å². The maximum absolute atomic E-state index is 12.9. The lowest BCUT2D eigenvalue weighted by Crippen LogP contribution is -2.53. The van der Waals surface area contributed by atoms with Crippen LogP contribution in [0.2, 0.25) is 0 Å². The first-order valence-corrected chi connectivity index (χ1v) is 9.72. The van der Waals surface area contributed by atoms with Crippen molar-refractivity contribution < 1.29 is 19.5 Å². The van der Waals surface area contributed by atoms with Crippen molar-refractivity contribution in [3.63, 3.8) is 0 Å². The second-order valence-electron chi connectivity index (χ2n) is 6.76. The largest absolute Gasteiger partial charge is 0.480 e. The van der Waals surface area contributed by atoms with Crippen molar-refractivity contribution in [1.29, 1.82) is 5.41 Å². The highest BCUT2D eigenvalue weighted by molar-refractivity contribution is 6.07. The standard InChI is InChI=1S/C21H26N6O4/c22-21(23)25-11-5-9-17(20(30)31)27(26-13-15-6-2-1-3-7-15)19(29)12-18(28)16-8-4-10-24-14-16/h1-4,6-8,10,14,17,26H,5,9,11-13H2,(H,30,31)(H4,22,23,25)/t17-/m0/s1. The molecule has 0 saturated carbocycles. The fourth-order valence-electron chi connectivity index (χ4n) is 2.88. The molecule has 0 aliphatic carbocycles. The highest BCUT2D eigenvalue weighted by Crippen LogP contribution is 2.11. The molecule has 0 radical (unpaired) electrons. The number of carbonyl (C=O) groups excluding carboxylic acids is 2. The number of benzene rings is 1. The number of pyridine rings is 1. The van der Waals surface area contributed by atoms with Gasteiger partial charge in [0.15, 0.2) is 11.7 Å². The topological polar surface area (TPSA) is 162 Å². The molecule has 0 spiro atoms. The van der Waals surface area contributed by atoms with Crippen LogP contribution in [0.3, 0.4) is 0 Å². The van der Waals surface area contributed by atoms with E-state index in [-0.39, 0.29) is 31.0 Å². The van der Waals surface area contributed by atoms with Gasteiger partial charge in [0.25, 0.3) is 0 Å². The van der Waals surface area contributed by atoms with E-state index in [1.54, 1.807) is 12.1 Å². The predicted molar refractivity (Wildman–Crippen MR) is 114 cm³/mol. The van der Waals surface area contributed by atoms with Gasteiger partial charge < -0.3 is 16.2 Å². The number of nitrogens with one attached hydrogen (secondary N) is 3. The Balaban J connectivity index is 2.14. The number of aromatic nitrogens is 1. The molecular formula is C21H26N6O4. The number of rotatable bonds is 12. The Labute approximate surface area is 179 Å². The second-order valence-corrected chi connectivity index (χ2v) is 6.76. The summed E-state index contributed by atoms with van der Waals surface area (Å²) in [5.74, 6) is -2.53. The molecule has 164 valence electrons. The van der Waals surface area contributed by atoms with Crippen molar-refractivity contribution >= 4 is 23.6 Å². The number of hydrazine groups is 1. The Morgan fingerprint density at radius 1 is 1.16 bits per heavy atom. The van der Waals surface area contributed by atoms with E-state index in [1.165, 1.54) is 12.4 Å². The van der Waals surface area contributed by atoms with Gasteiger partial charge in [-0.25, -0.2) is 10.2 Å². The van der Waals surface area contributed by atoms with Crippen molar-refractivity contribution in [3.05, 3.63) is 66.0 Å². The van der Waals surface area contributed by atoms with Gasteiger partial charge in [-0.1, -0.05) is 30.3 Å². The summed E-state index contributed by atoms with van der Waals surface area (Å²) in [6.07, 6.45) is 2.83. The first-order chi connectivity index (χ1) is 14.9. The maximum Gasteiger partial charge on any atom is 0.328 e. The average molecular weight is 426 g/mol. The first-order valence-electron chi connectivity index (χ1n) is 9.72. The lowest BCUT2D eigenvalue weighted by molar-refractivity contribution is -0.153. The number of Topliss-reactive ketones (excluding diaryl/α,β-unsaturated/α-hetero) is 1. The molecule has 2 aromatic rings. The zero-order valence-electron chi connectivity index (χ0n) is 17.0. The number of guanidine groups is 1. The lowest BCUT2D eigenvalue weighted by atomic mass is 10.1. The lowest BCUT2D eigenvalue weighted by Gasteiger charge is -2.29. The number of nitrogens with two attached hydrogens (primary N) is 1. The number of carboxylic acids is 1. The second kappa shape index (κ2) is 12.0. The summed E-state index contributed by atoms with van der Waals surface area (Å²) in [4.78, 5) is 41.2. The number of amides is 1. The van der Waals surface area contributed by atoms with Crippen LogP contribution >= 0.6 is 0 Å². The van der Waals surface area contributed by atoms with Crippen molar-refractivity contribution in [2.75, 3.05) is 6.54 Å². The molecule has 0 fully saturated rings. The third-order valence-corrected chi connectivity index (χ3v) is 4.43. The molecule has 0 aliphatic rings. The van der Waals surface area contributed by atoms with Gasteiger partial charge >= 0.3 is 5.97 Å².